The van der Waals surface area contributed by atoms with E-state index in [2.05, 4.69) is 20.7 Å². The number of nitrogens with zero attached hydrogens (tertiary/aromatic N) is 3. The van der Waals surface area contributed by atoms with Gasteiger partial charge in [0.05, 0.1) is 18.3 Å². The molecule has 0 spiro atoms. The molecule has 1 fully saturated rings. The largest absolute Gasteiger partial charge is 0.416 e. The summed E-state index contributed by atoms with van der Waals surface area (Å²) in [6.07, 6.45) is 0.613. The van der Waals surface area contributed by atoms with Gasteiger partial charge in [-0.15, -0.1) is 0 Å². The van der Waals surface area contributed by atoms with Gasteiger partial charge in [-0.1, -0.05) is 18.2 Å². The first-order valence-corrected chi connectivity index (χ1v) is 9.97. The highest BCUT2D eigenvalue weighted by molar-refractivity contribution is 5.80. The molecule has 0 amide bonds. The minimum atomic E-state index is -4.35. The van der Waals surface area contributed by atoms with Crippen molar-refractivity contribution >= 4 is 5.96 Å². The Morgan fingerprint density at radius 3 is 2.57 bits per heavy atom. The quantitative estimate of drug-likeness (QED) is 0.473. The Morgan fingerprint density at radius 1 is 1.27 bits per heavy atom. The number of nitrogens with one attached hydrogen (secondary N) is 2. The lowest BCUT2D eigenvalue weighted by molar-refractivity contribution is -0.137. The predicted octanol–water partition coefficient (Wildman–Crippen LogP) is 2.93. The number of aliphatic hydroxyl groups is 1. The van der Waals surface area contributed by atoms with Crippen LogP contribution in [0.15, 0.2) is 41.7 Å². The number of halogens is 3. The topological polar surface area (TPSA) is 74.5 Å². The lowest BCUT2D eigenvalue weighted by Gasteiger charge is -2.22. The summed E-state index contributed by atoms with van der Waals surface area (Å²) < 4.78 is 40.8. The average molecular weight is 423 g/mol. The van der Waals surface area contributed by atoms with E-state index in [1.165, 1.54) is 12.1 Å². The molecule has 1 aliphatic rings. The standard InChI is InChI=1S/C21H28F3N5O/c1-4-25-18(26-13-19(2,30)17-11-28-29(3)12-17)27-14-20(8-9-20)15-6-5-7-16(10-15)21(22,23)24/h5-7,10-12,30H,4,8-9,13-14H2,1-3H3,(H2,25,26,27). The zero-order valence-electron chi connectivity index (χ0n) is 17.4. The Balaban J connectivity index is 1.69. The van der Waals surface area contributed by atoms with Crippen molar-refractivity contribution in [3.63, 3.8) is 0 Å². The molecule has 1 heterocycles. The smallest absolute Gasteiger partial charge is 0.383 e. The van der Waals surface area contributed by atoms with Crippen molar-refractivity contribution < 1.29 is 18.3 Å². The number of aryl methyl sites for hydroxylation is 1. The van der Waals surface area contributed by atoms with E-state index in [9.17, 15) is 18.3 Å². The van der Waals surface area contributed by atoms with Gasteiger partial charge >= 0.3 is 6.18 Å². The second kappa shape index (κ2) is 8.29. The van der Waals surface area contributed by atoms with Crippen LogP contribution in [0.1, 0.15) is 43.4 Å². The molecular weight excluding hydrogens is 395 g/mol. The summed E-state index contributed by atoms with van der Waals surface area (Å²) in [7, 11) is 1.78. The lowest BCUT2D eigenvalue weighted by Crippen LogP contribution is -2.42. The van der Waals surface area contributed by atoms with Gasteiger partial charge in [0, 0.05) is 37.3 Å². The molecule has 6 nitrogen and oxygen atoms in total. The molecule has 0 radical (unpaired) electrons. The van der Waals surface area contributed by atoms with E-state index in [1.807, 2.05) is 6.92 Å². The van der Waals surface area contributed by atoms with Crippen LogP contribution in [0.2, 0.25) is 0 Å². The van der Waals surface area contributed by atoms with Gasteiger partial charge in [-0.3, -0.25) is 4.68 Å². The third-order valence-corrected chi connectivity index (χ3v) is 5.47. The predicted molar refractivity (Wildman–Crippen MR) is 109 cm³/mol. The maximum atomic E-state index is 13.1. The number of aliphatic imine (C=N–C) groups is 1. The summed E-state index contributed by atoms with van der Waals surface area (Å²) in [6.45, 7) is 4.80. The van der Waals surface area contributed by atoms with Crippen molar-refractivity contribution in [3.05, 3.63) is 53.3 Å². The highest BCUT2D eigenvalue weighted by atomic mass is 19.4. The molecule has 0 aliphatic heterocycles. The van der Waals surface area contributed by atoms with E-state index in [-0.39, 0.29) is 12.0 Å². The molecule has 30 heavy (non-hydrogen) atoms. The Kier molecular flexibility index (Phi) is 6.12. The van der Waals surface area contributed by atoms with Gasteiger partial charge in [0.2, 0.25) is 0 Å². The molecule has 9 heteroatoms. The second-order valence-electron chi connectivity index (χ2n) is 8.08. The second-order valence-corrected chi connectivity index (χ2v) is 8.08. The fourth-order valence-corrected chi connectivity index (χ4v) is 3.36. The van der Waals surface area contributed by atoms with Crippen LogP contribution >= 0.6 is 0 Å². The van der Waals surface area contributed by atoms with Crippen molar-refractivity contribution in [2.75, 3.05) is 19.6 Å². The minimum Gasteiger partial charge on any atom is -0.383 e. The van der Waals surface area contributed by atoms with Gasteiger partial charge in [-0.2, -0.15) is 18.3 Å². The zero-order valence-corrected chi connectivity index (χ0v) is 17.4. The van der Waals surface area contributed by atoms with Crippen LogP contribution in [0.25, 0.3) is 0 Å². The van der Waals surface area contributed by atoms with Crippen molar-refractivity contribution in [1.82, 2.24) is 20.4 Å². The van der Waals surface area contributed by atoms with Gasteiger partial charge in [0.15, 0.2) is 5.96 Å². The molecule has 3 rings (SSSR count). The Hall–Kier alpha value is -2.55. The molecule has 1 aromatic carbocycles. The first-order valence-electron chi connectivity index (χ1n) is 9.97. The fourth-order valence-electron chi connectivity index (χ4n) is 3.36. The summed E-state index contributed by atoms with van der Waals surface area (Å²) in [5.74, 6) is 0.514. The van der Waals surface area contributed by atoms with Crippen molar-refractivity contribution in [2.45, 2.75) is 43.9 Å². The van der Waals surface area contributed by atoms with Crippen LogP contribution in [0.3, 0.4) is 0 Å². The SMILES string of the molecule is CCNC(=NCC(C)(O)c1cnn(C)c1)NCC1(c2cccc(C(F)(F)F)c2)CC1. The highest BCUT2D eigenvalue weighted by Crippen LogP contribution is 2.48. The van der Waals surface area contributed by atoms with E-state index in [1.54, 1.807) is 37.1 Å². The van der Waals surface area contributed by atoms with Gasteiger partial charge in [0.25, 0.3) is 0 Å². The minimum absolute atomic E-state index is 0.116. The average Bonchev–Trinajstić information content (AvgIpc) is 3.35. The van der Waals surface area contributed by atoms with Gasteiger partial charge in [-0.25, -0.2) is 4.99 Å². The molecule has 2 aromatic rings. The number of benzene rings is 1. The normalized spacial score (nSPS) is 18.0. The van der Waals surface area contributed by atoms with Crippen LogP contribution in [0.4, 0.5) is 13.2 Å². The first kappa shape index (κ1) is 22.1. The van der Waals surface area contributed by atoms with Gasteiger partial charge in [-0.05, 0) is 38.3 Å². The number of hydrogen-bond donors (Lipinski definition) is 3. The van der Waals surface area contributed by atoms with Crippen molar-refractivity contribution in [2.24, 2.45) is 12.0 Å². The van der Waals surface area contributed by atoms with E-state index < -0.39 is 17.3 Å². The third kappa shape index (κ3) is 5.13. The Morgan fingerprint density at radius 2 is 2.00 bits per heavy atom. The number of hydrogen-bond acceptors (Lipinski definition) is 3. The third-order valence-electron chi connectivity index (χ3n) is 5.47. The molecule has 1 aromatic heterocycles. The Bertz CT molecular complexity index is 900. The molecular formula is C21H28F3N5O. The summed E-state index contributed by atoms with van der Waals surface area (Å²) in [5, 5.41) is 21.2. The number of aromatic nitrogens is 2. The maximum absolute atomic E-state index is 13.1. The number of alkyl halides is 3. The molecule has 3 N–H and O–H groups in total. The van der Waals surface area contributed by atoms with Crippen molar-refractivity contribution in [3.8, 4) is 0 Å². The molecule has 0 saturated heterocycles. The van der Waals surface area contributed by atoms with Gasteiger partial charge < -0.3 is 15.7 Å². The highest BCUT2D eigenvalue weighted by Gasteiger charge is 2.45. The zero-order chi connectivity index (χ0) is 22.0. The van der Waals surface area contributed by atoms with Crippen LogP contribution in [0, 0.1) is 0 Å². The molecule has 1 atom stereocenters. The monoisotopic (exact) mass is 423 g/mol. The first-order chi connectivity index (χ1) is 14.1. The molecule has 164 valence electrons. The molecule has 1 unspecified atom stereocenters. The van der Waals surface area contributed by atoms with E-state index in [0.717, 1.165) is 18.9 Å². The summed E-state index contributed by atoms with van der Waals surface area (Å²) in [4.78, 5) is 4.48. The van der Waals surface area contributed by atoms with Gasteiger partial charge in [0.1, 0.15) is 5.60 Å². The Labute approximate surface area is 174 Å². The van der Waals surface area contributed by atoms with Crippen LogP contribution in [-0.2, 0) is 24.2 Å². The number of rotatable bonds is 7. The van der Waals surface area contributed by atoms with Crippen LogP contribution < -0.4 is 10.6 Å². The van der Waals surface area contributed by atoms with E-state index in [0.29, 0.717) is 30.2 Å². The summed E-state index contributed by atoms with van der Waals surface area (Å²) in [5.41, 5.74) is -0.798. The fraction of sp³-hybridized carbons (Fsp3) is 0.524. The number of guanidine groups is 1. The van der Waals surface area contributed by atoms with Crippen molar-refractivity contribution in [1.29, 1.82) is 0 Å². The summed E-state index contributed by atoms with van der Waals surface area (Å²) >= 11 is 0. The van der Waals surface area contributed by atoms with E-state index >= 15 is 0 Å². The summed E-state index contributed by atoms with van der Waals surface area (Å²) in [6, 6.07) is 5.55. The molecule has 0 bridgehead atoms. The van der Waals surface area contributed by atoms with Crippen LogP contribution in [-0.4, -0.2) is 40.5 Å². The lowest BCUT2D eigenvalue weighted by atomic mass is 9.94. The molecule has 1 aliphatic carbocycles. The van der Waals surface area contributed by atoms with E-state index in [4.69, 9.17) is 0 Å². The van der Waals surface area contributed by atoms with Crippen LogP contribution in [0.5, 0.6) is 0 Å². The maximum Gasteiger partial charge on any atom is 0.416 e. The molecule has 1 saturated carbocycles.